The maximum absolute atomic E-state index is 2.99. The minimum Gasteiger partial charge on any atom is -0.273 e. The first-order chi connectivity index (χ1) is 7.50. The maximum Gasteiger partial charge on any atom is 3.00 e. The zero-order valence-corrected chi connectivity index (χ0v) is 13.0. The third kappa shape index (κ3) is 13.5. The van der Waals surface area contributed by atoms with Gasteiger partial charge in [-0.2, -0.15) is 18.2 Å². The van der Waals surface area contributed by atoms with Crippen LogP contribution in [0.3, 0.4) is 0 Å². The van der Waals surface area contributed by atoms with E-state index in [2.05, 4.69) is 36.5 Å². The molecule has 2 heteroatoms. The zero-order chi connectivity index (χ0) is 10.6. The van der Waals surface area contributed by atoms with Crippen LogP contribution in [0.2, 0.25) is 0 Å². The number of hydrogen-bond donors (Lipinski definition) is 0. The van der Waals surface area contributed by atoms with Gasteiger partial charge in [0.1, 0.15) is 0 Å². The Bertz CT molecular complexity index is 238. The Kier molecular flexibility index (Phi) is 17.4. The van der Waals surface area contributed by atoms with E-state index >= 15 is 0 Å². The van der Waals surface area contributed by atoms with Crippen molar-refractivity contribution in [1.29, 1.82) is 0 Å². The minimum absolute atomic E-state index is 0. The van der Waals surface area contributed by atoms with Gasteiger partial charge >= 0.3 is 26.2 Å². The van der Waals surface area contributed by atoms with Gasteiger partial charge in [-0.3, -0.25) is 18.2 Å². The number of allylic oxidation sites excluding steroid dienone is 12. The molecule has 1 radical (unpaired) electrons. The summed E-state index contributed by atoms with van der Waals surface area (Å²) >= 11 is 0. The van der Waals surface area contributed by atoms with Crippen LogP contribution >= 0.6 is 12.4 Å². The molecule has 3 aliphatic rings. The summed E-state index contributed by atoms with van der Waals surface area (Å²) in [4.78, 5) is 0. The van der Waals surface area contributed by atoms with Gasteiger partial charge in [-0.15, -0.1) is 31.7 Å². The fourth-order valence-electron chi connectivity index (χ4n) is 1.02. The SMILES string of the molecule is Cl.[C-]1=CC=CC1.[C-]1=CC=CC1.[C-]1=CC=CC1.[Zr+3]. The third-order valence-corrected chi connectivity index (χ3v) is 1.76. The van der Waals surface area contributed by atoms with Gasteiger partial charge in [0.15, 0.2) is 0 Å². The zero-order valence-electron chi connectivity index (χ0n) is 9.73. The molecule has 0 bridgehead atoms. The van der Waals surface area contributed by atoms with E-state index < -0.39 is 0 Å². The first kappa shape index (κ1) is 19.0. The molecule has 0 saturated carbocycles. The van der Waals surface area contributed by atoms with Gasteiger partial charge in [0, 0.05) is 0 Å². The van der Waals surface area contributed by atoms with E-state index in [4.69, 9.17) is 0 Å². The molecule has 0 N–H and O–H groups in total. The molecule has 87 valence electrons. The summed E-state index contributed by atoms with van der Waals surface area (Å²) in [5.74, 6) is 0. The molecular weight excluding hydrogens is 307 g/mol. The van der Waals surface area contributed by atoms with E-state index in [0.29, 0.717) is 0 Å². The molecule has 0 atom stereocenters. The fourth-order valence-corrected chi connectivity index (χ4v) is 1.02. The van der Waals surface area contributed by atoms with Crippen molar-refractivity contribution in [3.05, 3.63) is 72.9 Å². The molecule has 0 aromatic heterocycles. The fraction of sp³-hybridized carbons (Fsp3) is 0.200. The quantitative estimate of drug-likeness (QED) is 0.582. The largest absolute Gasteiger partial charge is 3.00 e. The molecule has 3 rings (SSSR count). The molecule has 0 unspecified atom stereocenters. The van der Waals surface area contributed by atoms with Gasteiger partial charge in [-0.1, -0.05) is 0 Å². The molecule has 0 fully saturated rings. The molecule has 0 aliphatic heterocycles. The van der Waals surface area contributed by atoms with E-state index in [1.807, 2.05) is 36.5 Å². The van der Waals surface area contributed by atoms with Crippen molar-refractivity contribution in [3.63, 3.8) is 0 Å². The molecular formula is C15H16ClZr. The molecule has 0 amide bonds. The molecule has 0 saturated heterocycles. The second kappa shape index (κ2) is 15.6. The van der Waals surface area contributed by atoms with E-state index in [1.54, 1.807) is 0 Å². The van der Waals surface area contributed by atoms with Crippen molar-refractivity contribution in [1.82, 2.24) is 0 Å². The van der Waals surface area contributed by atoms with Gasteiger partial charge in [0.2, 0.25) is 0 Å². The first-order valence-electron chi connectivity index (χ1n) is 5.15. The minimum atomic E-state index is 0. The molecule has 0 aromatic carbocycles. The molecule has 17 heavy (non-hydrogen) atoms. The van der Waals surface area contributed by atoms with Crippen molar-refractivity contribution < 1.29 is 26.2 Å². The number of rotatable bonds is 0. The predicted molar refractivity (Wildman–Crippen MR) is 72.0 cm³/mol. The van der Waals surface area contributed by atoms with Gasteiger partial charge in [0.25, 0.3) is 0 Å². The second-order valence-corrected chi connectivity index (χ2v) is 3.01. The summed E-state index contributed by atoms with van der Waals surface area (Å²) in [5.41, 5.74) is 0. The van der Waals surface area contributed by atoms with Crippen LogP contribution in [0.1, 0.15) is 19.3 Å². The van der Waals surface area contributed by atoms with Crippen LogP contribution in [0.25, 0.3) is 0 Å². The summed E-state index contributed by atoms with van der Waals surface area (Å²) in [5, 5.41) is 0. The van der Waals surface area contributed by atoms with Crippen LogP contribution in [-0.4, -0.2) is 0 Å². The van der Waals surface area contributed by atoms with Crippen molar-refractivity contribution in [3.8, 4) is 0 Å². The van der Waals surface area contributed by atoms with E-state index in [9.17, 15) is 0 Å². The van der Waals surface area contributed by atoms with Crippen molar-refractivity contribution >= 4 is 12.4 Å². The summed E-state index contributed by atoms with van der Waals surface area (Å²) in [6.07, 6.45) is 30.0. The summed E-state index contributed by atoms with van der Waals surface area (Å²) in [6, 6.07) is 0. The van der Waals surface area contributed by atoms with Gasteiger partial charge in [-0.25, -0.2) is 36.5 Å². The monoisotopic (exact) mass is 321 g/mol. The van der Waals surface area contributed by atoms with Crippen LogP contribution in [0, 0.1) is 18.2 Å². The maximum atomic E-state index is 2.99. The molecule has 0 heterocycles. The average molecular weight is 323 g/mol. The molecule has 3 aliphatic carbocycles. The Hall–Kier alpha value is -0.387. The Morgan fingerprint density at radius 2 is 0.882 bits per heavy atom. The Labute approximate surface area is 130 Å². The predicted octanol–water partition coefficient (Wildman–Crippen LogP) is 4.34. The van der Waals surface area contributed by atoms with Crippen LogP contribution in [0.15, 0.2) is 54.7 Å². The van der Waals surface area contributed by atoms with Crippen molar-refractivity contribution in [2.75, 3.05) is 0 Å². The van der Waals surface area contributed by atoms with Crippen LogP contribution in [-0.2, 0) is 26.2 Å². The van der Waals surface area contributed by atoms with Crippen LogP contribution < -0.4 is 0 Å². The molecule has 0 spiro atoms. The summed E-state index contributed by atoms with van der Waals surface area (Å²) < 4.78 is 0. The van der Waals surface area contributed by atoms with Crippen molar-refractivity contribution in [2.24, 2.45) is 0 Å². The van der Waals surface area contributed by atoms with Gasteiger partial charge in [-0.05, 0) is 0 Å². The molecule has 0 nitrogen and oxygen atoms in total. The number of hydrogen-bond acceptors (Lipinski definition) is 0. The van der Waals surface area contributed by atoms with E-state index in [-0.39, 0.29) is 38.6 Å². The smallest absolute Gasteiger partial charge is 0.273 e. The summed E-state index contributed by atoms with van der Waals surface area (Å²) in [6.45, 7) is 0. The van der Waals surface area contributed by atoms with Crippen LogP contribution in [0.5, 0.6) is 0 Å². The normalized spacial score (nSPS) is 15.5. The van der Waals surface area contributed by atoms with E-state index in [0.717, 1.165) is 19.3 Å². The third-order valence-electron chi connectivity index (χ3n) is 1.76. The first-order valence-corrected chi connectivity index (χ1v) is 5.15. The molecule has 0 aromatic rings. The standard InChI is InChI=1S/3C5H5.ClH.Zr/c3*1-2-4-5-3-1;;/h3*1-3H,4H2;1H;/q3*-1;;+3. The number of halogens is 1. The second-order valence-electron chi connectivity index (χ2n) is 3.01. The topological polar surface area (TPSA) is 0 Å². The Morgan fingerprint density at radius 1 is 0.588 bits per heavy atom. The Morgan fingerprint density at radius 3 is 0.941 bits per heavy atom. The van der Waals surface area contributed by atoms with Crippen LogP contribution in [0.4, 0.5) is 0 Å². The van der Waals surface area contributed by atoms with Gasteiger partial charge < -0.3 is 0 Å². The Balaban J connectivity index is 0. The van der Waals surface area contributed by atoms with E-state index in [1.165, 1.54) is 0 Å². The van der Waals surface area contributed by atoms with Crippen molar-refractivity contribution in [2.45, 2.75) is 19.3 Å². The average Bonchev–Trinajstić information content (AvgIpc) is 3.09. The summed E-state index contributed by atoms with van der Waals surface area (Å²) in [7, 11) is 0. The van der Waals surface area contributed by atoms with Gasteiger partial charge in [0.05, 0.1) is 0 Å².